The Balaban J connectivity index is 1.45. The first-order valence-electron chi connectivity index (χ1n) is 12.3. The number of nitrogens with zero attached hydrogens (tertiary/aromatic N) is 4. The Bertz CT molecular complexity index is 1340. The number of hydrogen-bond donors (Lipinski definition) is 2. The number of aliphatic hydroxyl groups excluding tert-OH is 1. The summed E-state index contributed by atoms with van der Waals surface area (Å²) < 4.78 is 5.41. The van der Waals surface area contributed by atoms with Crippen LogP contribution in [0.5, 0.6) is 0 Å². The van der Waals surface area contributed by atoms with Crippen LogP contribution in [-0.2, 0) is 11.3 Å². The minimum absolute atomic E-state index is 0.0902. The number of likely N-dealkylation sites (tertiary alicyclic amines) is 1. The molecule has 0 saturated carbocycles. The Morgan fingerprint density at radius 2 is 1.92 bits per heavy atom. The first kappa shape index (κ1) is 24.7. The van der Waals surface area contributed by atoms with Gasteiger partial charge in [-0.25, -0.2) is 4.98 Å². The molecule has 0 bridgehead atoms. The number of nitrogens with one attached hydrogen (secondary N) is 1. The zero-order valence-electron chi connectivity index (χ0n) is 21.3. The van der Waals surface area contributed by atoms with Gasteiger partial charge in [0.15, 0.2) is 0 Å². The summed E-state index contributed by atoms with van der Waals surface area (Å²) >= 11 is 0. The number of carbonyl (C=O) groups is 2. The summed E-state index contributed by atoms with van der Waals surface area (Å²) in [5.41, 5.74) is 5.12. The molecule has 2 aromatic carbocycles. The summed E-state index contributed by atoms with van der Waals surface area (Å²) in [4.78, 5) is 36.0. The number of ether oxygens (including phenoxy) is 1. The van der Waals surface area contributed by atoms with Crippen molar-refractivity contribution in [3.8, 4) is 0 Å². The number of aromatic nitrogens is 1. The number of aliphatic hydroxyl groups is 1. The van der Waals surface area contributed by atoms with Crippen LogP contribution in [0.2, 0.25) is 0 Å². The van der Waals surface area contributed by atoms with Gasteiger partial charge in [-0.15, -0.1) is 0 Å². The molecular formula is C28H31N5O4. The van der Waals surface area contributed by atoms with Crippen LogP contribution in [-0.4, -0.2) is 67.2 Å². The number of hydrogen-bond acceptors (Lipinski definition) is 7. The number of carbonyl (C=O) groups excluding carboxylic acids is 2. The molecule has 0 radical (unpaired) electrons. The number of pyridine rings is 1. The average molecular weight is 502 g/mol. The van der Waals surface area contributed by atoms with E-state index < -0.39 is 6.10 Å². The first-order chi connectivity index (χ1) is 17.9. The summed E-state index contributed by atoms with van der Waals surface area (Å²) in [6.45, 7) is 1.30. The number of anilines is 5. The van der Waals surface area contributed by atoms with E-state index in [2.05, 4.69) is 10.3 Å². The molecule has 1 fully saturated rings. The summed E-state index contributed by atoms with van der Waals surface area (Å²) in [5.74, 6) is 0.410. The molecule has 9 nitrogen and oxygen atoms in total. The van der Waals surface area contributed by atoms with E-state index in [1.165, 1.54) is 0 Å². The molecule has 2 aliphatic heterocycles. The third-order valence-electron chi connectivity index (χ3n) is 6.98. The normalized spacial score (nSPS) is 17.2. The summed E-state index contributed by atoms with van der Waals surface area (Å²) in [7, 11) is 5.29. The number of fused-ring (bicyclic) bond motifs is 2. The van der Waals surface area contributed by atoms with E-state index in [0.29, 0.717) is 42.3 Å². The Morgan fingerprint density at radius 3 is 2.70 bits per heavy atom. The van der Waals surface area contributed by atoms with Crippen molar-refractivity contribution >= 4 is 40.4 Å². The second kappa shape index (κ2) is 10.2. The predicted molar refractivity (Wildman–Crippen MR) is 143 cm³/mol. The van der Waals surface area contributed by atoms with E-state index in [1.807, 2.05) is 54.4 Å². The van der Waals surface area contributed by atoms with Crippen molar-refractivity contribution in [3.05, 3.63) is 71.4 Å². The minimum Gasteiger partial charge on any atom is -0.391 e. The predicted octanol–water partition coefficient (Wildman–Crippen LogP) is 3.93. The van der Waals surface area contributed by atoms with Gasteiger partial charge in [0.2, 0.25) is 0 Å². The number of benzene rings is 2. The highest BCUT2D eigenvalue weighted by Crippen LogP contribution is 2.40. The maximum Gasteiger partial charge on any atom is 0.260 e. The minimum atomic E-state index is -0.476. The molecule has 1 saturated heterocycles. The molecule has 0 unspecified atom stereocenters. The second-order valence-corrected chi connectivity index (χ2v) is 9.48. The van der Waals surface area contributed by atoms with Crippen molar-refractivity contribution < 1.29 is 19.4 Å². The monoisotopic (exact) mass is 501 g/mol. The fourth-order valence-electron chi connectivity index (χ4n) is 4.98. The molecule has 37 heavy (non-hydrogen) atoms. The Hall–Kier alpha value is -3.95. The quantitative estimate of drug-likeness (QED) is 0.547. The van der Waals surface area contributed by atoms with Crippen LogP contribution in [0.15, 0.2) is 54.7 Å². The third kappa shape index (κ3) is 4.75. The van der Waals surface area contributed by atoms with Crippen molar-refractivity contribution in [2.75, 3.05) is 49.4 Å². The summed E-state index contributed by atoms with van der Waals surface area (Å²) in [6, 6.07) is 14.9. The lowest BCUT2D eigenvalue weighted by atomic mass is 10.0. The maximum absolute atomic E-state index is 13.1. The highest BCUT2D eigenvalue weighted by molar-refractivity contribution is 6.13. The van der Waals surface area contributed by atoms with E-state index in [1.54, 1.807) is 36.2 Å². The third-order valence-corrected chi connectivity index (χ3v) is 6.98. The van der Waals surface area contributed by atoms with E-state index in [9.17, 15) is 14.7 Å². The zero-order chi connectivity index (χ0) is 26.1. The van der Waals surface area contributed by atoms with Crippen molar-refractivity contribution in [2.24, 2.45) is 0 Å². The fourth-order valence-corrected chi connectivity index (χ4v) is 4.98. The molecule has 3 aromatic rings. The van der Waals surface area contributed by atoms with Gasteiger partial charge in [0.25, 0.3) is 11.8 Å². The Labute approximate surface area is 216 Å². The molecule has 5 rings (SSSR count). The largest absolute Gasteiger partial charge is 0.391 e. The van der Waals surface area contributed by atoms with Crippen LogP contribution in [0, 0.1) is 0 Å². The first-order valence-corrected chi connectivity index (χ1v) is 12.3. The number of para-hydroxylation sites is 1. The van der Waals surface area contributed by atoms with Gasteiger partial charge in [-0.1, -0.05) is 12.1 Å². The van der Waals surface area contributed by atoms with Gasteiger partial charge in [-0.2, -0.15) is 0 Å². The smallest absolute Gasteiger partial charge is 0.260 e. The van der Waals surface area contributed by atoms with Crippen LogP contribution < -0.4 is 15.1 Å². The summed E-state index contributed by atoms with van der Waals surface area (Å²) in [6.07, 6.45) is 2.73. The molecule has 1 aromatic heterocycles. The number of rotatable bonds is 5. The highest BCUT2D eigenvalue weighted by atomic mass is 16.5. The molecule has 2 amide bonds. The lowest BCUT2D eigenvalue weighted by molar-refractivity contribution is 0.0473. The van der Waals surface area contributed by atoms with Gasteiger partial charge >= 0.3 is 0 Å². The molecule has 0 aliphatic carbocycles. The van der Waals surface area contributed by atoms with Gasteiger partial charge in [-0.05, 0) is 43.2 Å². The van der Waals surface area contributed by atoms with Crippen molar-refractivity contribution in [2.45, 2.75) is 25.6 Å². The van der Waals surface area contributed by atoms with Crippen molar-refractivity contribution in [1.82, 2.24) is 9.88 Å². The maximum atomic E-state index is 13.1. The summed E-state index contributed by atoms with van der Waals surface area (Å²) in [5, 5.41) is 13.3. The lowest BCUT2D eigenvalue weighted by Crippen LogP contribution is -2.42. The second-order valence-electron chi connectivity index (χ2n) is 9.48. The van der Waals surface area contributed by atoms with Crippen LogP contribution in [0.1, 0.15) is 39.1 Å². The van der Waals surface area contributed by atoms with Gasteiger partial charge in [-0.3, -0.25) is 9.59 Å². The highest BCUT2D eigenvalue weighted by Gasteiger charge is 2.28. The molecule has 192 valence electrons. The molecule has 1 atom stereocenters. The standard InChI is InChI=1S/C28H31N5O4/c1-31-23-9-5-4-8-21(23)28(36)32(2)25-15-29-26(14-24(25)31)30-22-11-10-18(13-19(22)17-37-3)27(35)33-12-6-7-20(34)16-33/h4-5,8-11,13-15,20,34H,6-7,12,16-17H2,1-3H3,(H,29,30)/t20-/m0/s1. The Kier molecular flexibility index (Phi) is 6.82. The van der Waals surface area contributed by atoms with Crippen molar-refractivity contribution in [3.63, 3.8) is 0 Å². The van der Waals surface area contributed by atoms with Gasteiger partial charge in [0.1, 0.15) is 5.82 Å². The van der Waals surface area contributed by atoms with E-state index in [4.69, 9.17) is 4.74 Å². The number of methoxy groups -OCH3 is 1. The topological polar surface area (TPSA) is 98.2 Å². The zero-order valence-corrected chi connectivity index (χ0v) is 21.3. The number of amides is 2. The van der Waals surface area contributed by atoms with Crippen molar-refractivity contribution in [1.29, 1.82) is 0 Å². The molecule has 0 spiro atoms. The van der Waals surface area contributed by atoms with E-state index >= 15 is 0 Å². The molecular weight excluding hydrogens is 470 g/mol. The van der Waals surface area contributed by atoms with Crippen LogP contribution in [0.4, 0.5) is 28.6 Å². The molecule has 9 heteroatoms. The van der Waals surface area contributed by atoms with E-state index in [-0.39, 0.29) is 11.8 Å². The van der Waals surface area contributed by atoms with Crippen LogP contribution in [0.3, 0.4) is 0 Å². The van der Waals surface area contributed by atoms with Gasteiger partial charge in [0.05, 0.1) is 41.5 Å². The molecule has 2 aliphatic rings. The number of piperidine rings is 1. The SMILES string of the molecule is COCc1cc(C(=O)N2CCC[C@H](O)C2)ccc1Nc1cc2c(cn1)N(C)C(=O)c1ccccc1N2C. The Morgan fingerprint density at radius 1 is 1.11 bits per heavy atom. The van der Waals surface area contributed by atoms with Crippen LogP contribution >= 0.6 is 0 Å². The number of β-amino-alcohol motifs (C(OH)–C–C–N with tert-alkyl or cyclic N) is 1. The lowest BCUT2D eigenvalue weighted by Gasteiger charge is -2.30. The average Bonchev–Trinajstić information content (AvgIpc) is 2.99. The van der Waals surface area contributed by atoms with Gasteiger partial charge in [0, 0.05) is 57.2 Å². The molecule has 2 N–H and O–H groups in total. The van der Waals surface area contributed by atoms with Crippen LogP contribution in [0.25, 0.3) is 0 Å². The fraction of sp³-hybridized carbons (Fsp3) is 0.321. The van der Waals surface area contributed by atoms with E-state index in [0.717, 1.165) is 35.5 Å². The molecule has 3 heterocycles. The van der Waals surface area contributed by atoms with Gasteiger partial charge < -0.3 is 29.9 Å².